The van der Waals surface area contributed by atoms with Crippen LogP contribution in [0.25, 0.3) is 0 Å². The topological polar surface area (TPSA) is 52.3 Å². The highest BCUT2D eigenvalue weighted by atomic mass is 32.2. The molecule has 0 saturated carbocycles. The van der Waals surface area contributed by atoms with E-state index in [1.54, 1.807) is 11.8 Å². The van der Waals surface area contributed by atoms with E-state index in [-0.39, 0.29) is 5.97 Å². The first-order chi connectivity index (χ1) is 7.66. The van der Waals surface area contributed by atoms with Gasteiger partial charge in [0.05, 0.1) is 12.0 Å². The Kier molecular flexibility index (Phi) is 8.76. The van der Waals surface area contributed by atoms with Crippen LogP contribution < -0.4 is 5.73 Å². The van der Waals surface area contributed by atoms with Crippen molar-refractivity contribution in [3.8, 4) is 0 Å². The molecule has 0 fully saturated rings. The van der Waals surface area contributed by atoms with Crippen molar-refractivity contribution < 1.29 is 9.53 Å². The highest BCUT2D eigenvalue weighted by Crippen LogP contribution is 2.31. The molecule has 0 bridgehead atoms. The van der Waals surface area contributed by atoms with Gasteiger partial charge in [0, 0.05) is 6.54 Å². The van der Waals surface area contributed by atoms with Crippen molar-refractivity contribution in [2.75, 3.05) is 25.2 Å². The zero-order valence-corrected chi connectivity index (χ0v) is 11.6. The Labute approximate surface area is 103 Å². The highest BCUT2D eigenvalue weighted by Gasteiger charge is 2.36. The predicted octanol–water partition coefficient (Wildman–Crippen LogP) is 2.44. The molecule has 0 aromatic carbocycles. The molecule has 1 unspecified atom stereocenters. The molecule has 0 aromatic rings. The third kappa shape index (κ3) is 4.74. The summed E-state index contributed by atoms with van der Waals surface area (Å²) < 4.78 is 5.16. The Hall–Kier alpha value is -0.220. The number of esters is 1. The monoisotopic (exact) mass is 247 g/mol. The third-order valence-corrected chi connectivity index (χ3v) is 3.53. The number of carbonyl (C=O) groups excluding carboxylic acids is 1. The molecule has 0 spiro atoms. The van der Waals surface area contributed by atoms with Gasteiger partial charge in [0.25, 0.3) is 0 Å². The number of nitrogens with two attached hydrogens (primary N) is 1. The van der Waals surface area contributed by atoms with Crippen LogP contribution in [0.2, 0.25) is 0 Å². The Morgan fingerprint density at radius 2 is 2.06 bits per heavy atom. The van der Waals surface area contributed by atoms with Gasteiger partial charge in [-0.15, -0.1) is 0 Å². The second kappa shape index (κ2) is 8.88. The van der Waals surface area contributed by atoms with Gasteiger partial charge in [-0.25, -0.2) is 0 Å². The average Bonchev–Trinajstić information content (AvgIpc) is 2.28. The van der Waals surface area contributed by atoms with Crippen LogP contribution >= 0.6 is 11.8 Å². The van der Waals surface area contributed by atoms with Crippen LogP contribution in [0, 0.1) is 5.41 Å². The second-order valence-electron chi connectivity index (χ2n) is 4.05. The fourth-order valence-electron chi connectivity index (χ4n) is 1.93. The van der Waals surface area contributed by atoms with Crippen LogP contribution in [0.4, 0.5) is 0 Å². The number of carbonyl (C=O) groups is 1. The molecule has 1 atom stereocenters. The van der Waals surface area contributed by atoms with E-state index in [1.165, 1.54) is 0 Å². The molecule has 0 aliphatic rings. The van der Waals surface area contributed by atoms with E-state index in [4.69, 9.17) is 10.5 Å². The van der Waals surface area contributed by atoms with E-state index >= 15 is 0 Å². The maximum atomic E-state index is 12.0. The van der Waals surface area contributed by atoms with Crippen LogP contribution in [0.15, 0.2) is 0 Å². The maximum Gasteiger partial charge on any atom is 0.313 e. The Morgan fingerprint density at radius 3 is 2.50 bits per heavy atom. The van der Waals surface area contributed by atoms with Crippen molar-refractivity contribution in [3.05, 3.63) is 0 Å². The van der Waals surface area contributed by atoms with Crippen molar-refractivity contribution in [3.63, 3.8) is 0 Å². The summed E-state index contributed by atoms with van der Waals surface area (Å²) in [6.45, 7) is 4.76. The predicted molar refractivity (Wildman–Crippen MR) is 70.6 cm³/mol. The first kappa shape index (κ1) is 15.8. The zero-order valence-electron chi connectivity index (χ0n) is 10.8. The van der Waals surface area contributed by atoms with E-state index in [0.29, 0.717) is 13.2 Å². The fraction of sp³-hybridized carbons (Fsp3) is 0.917. The number of ether oxygens (including phenoxy) is 1. The van der Waals surface area contributed by atoms with Gasteiger partial charge in [-0.2, -0.15) is 11.8 Å². The van der Waals surface area contributed by atoms with Crippen LogP contribution in [-0.4, -0.2) is 31.1 Å². The molecule has 2 N–H and O–H groups in total. The Morgan fingerprint density at radius 1 is 1.38 bits per heavy atom. The lowest BCUT2D eigenvalue weighted by Gasteiger charge is -2.29. The second-order valence-corrected chi connectivity index (χ2v) is 5.04. The van der Waals surface area contributed by atoms with Crippen molar-refractivity contribution in [2.45, 2.75) is 39.5 Å². The third-order valence-electron chi connectivity index (χ3n) is 2.83. The van der Waals surface area contributed by atoms with Gasteiger partial charge < -0.3 is 10.5 Å². The minimum absolute atomic E-state index is 0.111. The molecule has 0 heterocycles. The molecule has 0 aromatic heterocycles. The Balaban J connectivity index is 4.49. The molecular formula is C12H25NO2S. The summed E-state index contributed by atoms with van der Waals surface area (Å²) in [6, 6.07) is 0. The quantitative estimate of drug-likeness (QED) is 0.502. The van der Waals surface area contributed by atoms with Crippen molar-refractivity contribution in [2.24, 2.45) is 11.1 Å². The van der Waals surface area contributed by atoms with Crippen molar-refractivity contribution in [1.82, 2.24) is 0 Å². The lowest BCUT2D eigenvalue weighted by atomic mass is 9.79. The molecule has 0 aliphatic carbocycles. The van der Waals surface area contributed by atoms with Gasteiger partial charge in [0.2, 0.25) is 0 Å². The van der Waals surface area contributed by atoms with E-state index in [0.717, 1.165) is 31.4 Å². The molecule has 16 heavy (non-hydrogen) atoms. The molecule has 0 aliphatic heterocycles. The highest BCUT2D eigenvalue weighted by molar-refractivity contribution is 7.98. The van der Waals surface area contributed by atoms with E-state index in [9.17, 15) is 4.79 Å². The van der Waals surface area contributed by atoms with Gasteiger partial charge in [0.15, 0.2) is 0 Å². The van der Waals surface area contributed by atoms with Gasteiger partial charge in [-0.05, 0) is 38.2 Å². The summed E-state index contributed by atoms with van der Waals surface area (Å²) in [5.41, 5.74) is 5.36. The van der Waals surface area contributed by atoms with Crippen molar-refractivity contribution in [1.29, 1.82) is 0 Å². The van der Waals surface area contributed by atoms with E-state index in [2.05, 4.69) is 13.2 Å². The normalized spacial score (nSPS) is 14.5. The number of hydrogen-bond donors (Lipinski definition) is 1. The summed E-state index contributed by atoms with van der Waals surface area (Å²) >= 11 is 1.80. The SMILES string of the molecule is CCCC(CN)(CCCSC)C(=O)OCC. The molecule has 96 valence electrons. The minimum atomic E-state index is -0.444. The summed E-state index contributed by atoms with van der Waals surface area (Å²) in [5, 5.41) is 0. The largest absolute Gasteiger partial charge is 0.466 e. The molecule has 0 radical (unpaired) electrons. The number of thioether (sulfide) groups is 1. The van der Waals surface area contributed by atoms with E-state index in [1.807, 2.05) is 6.92 Å². The van der Waals surface area contributed by atoms with E-state index < -0.39 is 5.41 Å². The van der Waals surface area contributed by atoms with Gasteiger partial charge in [0.1, 0.15) is 0 Å². The summed E-state index contributed by atoms with van der Waals surface area (Å²) in [7, 11) is 0. The minimum Gasteiger partial charge on any atom is -0.466 e. The molecule has 4 heteroatoms. The Bertz CT molecular complexity index is 199. The first-order valence-corrected chi connectivity index (χ1v) is 7.42. The van der Waals surface area contributed by atoms with Gasteiger partial charge in [-0.1, -0.05) is 13.3 Å². The lowest BCUT2D eigenvalue weighted by molar-refractivity contribution is -0.155. The lowest BCUT2D eigenvalue weighted by Crippen LogP contribution is -2.40. The van der Waals surface area contributed by atoms with Crippen molar-refractivity contribution >= 4 is 17.7 Å². The average molecular weight is 247 g/mol. The van der Waals surface area contributed by atoms with Crippen LogP contribution in [0.3, 0.4) is 0 Å². The zero-order chi connectivity index (χ0) is 12.4. The molecule has 0 rings (SSSR count). The number of hydrogen-bond acceptors (Lipinski definition) is 4. The van der Waals surface area contributed by atoms with Gasteiger partial charge >= 0.3 is 5.97 Å². The van der Waals surface area contributed by atoms with Crippen LogP contribution in [0.5, 0.6) is 0 Å². The molecule has 0 amide bonds. The maximum absolute atomic E-state index is 12.0. The summed E-state index contributed by atoms with van der Waals surface area (Å²) in [5.74, 6) is 0.964. The van der Waals surface area contributed by atoms with Crippen LogP contribution in [-0.2, 0) is 9.53 Å². The fourth-order valence-corrected chi connectivity index (χ4v) is 2.37. The summed E-state index contributed by atoms with van der Waals surface area (Å²) in [4.78, 5) is 12.0. The standard InChI is InChI=1S/C12H25NO2S/c1-4-7-12(10-13,8-6-9-16-3)11(14)15-5-2/h4-10,13H2,1-3H3. The number of rotatable bonds is 9. The molecule has 0 saturated heterocycles. The molecular weight excluding hydrogens is 222 g/mol. The van der Waals surface area contributed by atoms with Gasteiger partial charge in [-0.3, -0.25) is 4.79 Å². The smallest absolute Gasteiger partial charge is 0.313 e. The van der Waals surface area contributed by atoms with Crippen LogP contribution in [0.1, 0.15) is 39.5 Å². The summed E-state index contributed by atoms with van der Waals surface area (Å²) in [6.07, 6.45) is 5.74. The molecule has 3 nitrogen and oxygen atoms in total. The first-order valence-electron chi connectivity index (χ1n) is 6.03.